The van der Waals surface area contributed by atoms with Crippen molar-refractivity contribution >= 4 is 38.3 Å². The normalized spacial score (nSPS) is 18.6. The maximum atomic E-state index is 13.0. The summed E-state index contributed by atoms with van der Waals surface area (Å²) in [6.07, 6.45) is 3.50. The van der Waals surface area contributed by atoms with E-state index >= 15 is 0 Å². The number of hydrogen-bond donors (Lipinski definition) is 2. The van der Waals surface area contributed by atoms with E-state index in [1.807, 2.05) is 0 Å². The second-order valence-electron chi connectivity index (χ2n) is 5.70. The molecular formula is C15H17ClN4O4S. The highest BCUT2D eigenvalue weighted by molar-refractivity contribution is 7.89. The lowest BCUT2D eigenvalue weighted by Crippen LogP contribution is -2.40. The Morgan fingerprint density at radius 1 is 1.44 bits per heavy atom. The minimum absolute atomic E-state index is 0.134. The van der Waals surface area contributed by atoms with Gasteiger partial charge in [0.1, 0.15) is 6.61 Å². The van der Waals surface area contributed by atoms with Crippen molar-refractivity contribution in [2.24, 2.45) is 5.90 Å². The van der Waals surface area contributed by atoms with Crippen molar-refractivity contribution in [3.63, 3.8) is 0 Å². The highest BCUT2D eigenvalue weighted by atomic mass is 35.5. The quantitative estimate of drug-likeness (QED) is 0.732. The van der Waals surface area contributed by atoms with Gasteiger partial charge in [0.25, 0.3) is 0 Å². The van der Waals surface area contributed by atoms with Crippen LogP contribution >= 0.6 is 11.6 Å². The highest BCUT2D eigenvalue weighted by Crippen LogP contribution is 2.32. The number of aromatic nitrogens is 1. The molecule has 8 nitrogen and oxygen atoms in total. The van der Waals surface area contributed by atoms with Crippen LogP contribution < -0.4 is 11.2 Å². The van der Waals surface area contributed by atoms with E-state index in [0.29, 0.717) is 23.7 Å². The lowest BCUT2D eigenvalue weighted by molar-refractivity contribution is -0.126. The van der Waals surface area contributed by atoms with Crippen LogP contribution in [0, 0.1) is 0 Å². The molecule has 0 radical (unpaired) electrons. The lowest BCUT2D eigenvalue weighted by Gasteiger charge is -2.18. The van der Waals surface area contributed by atoms with Gasteiger partial charge in [0.05, 0.1) is 9.92 Å². The summed E-state index contributed by atoms with van der Waals surface area (Å²) >= 11 is 6.18. The zero-order chi connectivity index (χ0) is 18.0. The molecule has 25 heavy (non-hydrogen) atoms. The standard InChI is InChI=1S/C15H17ClN4O4S/c16-12-7-18-6-10-2-1-3-13(15(10)12)25(22,23)20-5-4-11(8-20)19-14(21)9-24-17/h1-3,6-7,11H,4-5,8-9,17H2,(H,19,21)/t11-/m1/s1. The average Bonchev–Trinajstić information content (AvgIpc) is 3.04. The first-order valence-electron chi connectivity index (χ1n) is 7.57. The predicted octanol–water partition coefficient (Wildman–Crippen LogP) is 0.658. The fraction of sp³-hybridized carbons (Fsp3) is 0.333. The van der Waals surface area contributed by atoms with E-state index in [4.69, 9.17) is 17.5 Å². The monoisotopic (exact) mass is 384 g/mol. The van der Waals surface area contributed by atoms with Crippen molar-refractivity contribution in [1.29, 1.82) is 0 Å². The molecule has 1 aliphatic rings. The van der Waals surface area contributed by atoms with Crippen molar-refractivity contribution < 1.29 is 18.0 Å². The molecule has 2 aromatic rings. The number of nitrogens with zero attached hydrogens (tertiary/aromatic N) is 2. The van der Waals surface area contributed by atoms with E-state index in [2.05, 4.69) is 15.1 Å². The Morgan fingerprint density at radius 2 is 2.24 bits per heavy atom. The van der Waals surface area contributed by atoms with Gasteiger partial charge in [-0.25, -0.2) is 14.3 Å². The largest absolute Gasteiger partial charge is 0.350 e. The van der Waals surface area contributed by atoms with E-state index in [9.17, 15) is 13.2 Å². The molecule has 1 aromatic carbocycles. The summed E-state index contributed by atoms with van der Waals surface area (Å²) in [6.45, 7) is 0.211. The molecule has 0 bridgehead atoms. The van der Waals surface area contributed by atoms with Crippen molar-refractivity contribution in [1.82, 2.24) is 14.6 Å². The Morgan fingerprint density at radius 3 is 3.00 bits per heavy atom. The highest BCUT2D eigenvalue weighted by Gasteiger charge is 2.34. The summed E-state index contributed by atoms with van der Waals surface area (Å²) in [5, 5.41) is 4.07. The number of nitrogens with two attached hydrogens (primary N) is 1. The van der Waals surface area contributed by atoms with Gasteiger partial charge in [0.15, 0.2) is 0 Å². The van der Waals surface area contributed by atoms with Crippen LogP contribution in [-0.4, -0.2) is 49.4 Å². The molecule has 0 spiro atoms. The number of carbonyl (C=O) groups excluding carboxylic acids is 1. The van der Waals surface area contributed by atoms with Crippen molar-refractivity contribution in [2.75, 3.05) is 19.7 Å². The second kappa shape index (κ2) is 7.22. The van der Waals surface area contributed by atoms with Crippen LogP contribution in [0.2, 0.25) is 5.02 Å². The smallest absolute Gasteiger partial charge is 0.248 e. The zero-order valence-electron chi connectivity index (χ0n) is 13.2. The van der Waals surface area contributed by atoms with E-state index in [1.54, 1.807) is 18.3 Å². The van der Waals surface area contributed by atoms with Crippen molar-refractivity contribution in [3.05, 3.63) is 35.6 Å². The van der Waals surface area contributed by atoms with Gasteiger partial charge in [-0.2, -0.15) is 4.31 Å². The maximum Gasteiger partial charge on any atom is 0.248 e. The molecule has 134 valence electrons. The lowest BCUT2D eigenvalue weighted by atomic mass is 10.2. The molecule has 0 saturated carbocycles. The van der Waals surface area contributed by atoms with Gasteiger partial charge in [0, 0.05) is 42.3 Å². The second-order valence-corrected chi connectivity index (χ2v) is 8.02. The molecule has 3 N–H and O–H groups in total. The van der Waals surface area contributed by atoms with E-state index in [1.165, 1.54) is 16.6 Å². The number of halogens is 1. The number of nitrogens with one attached hydrogen (secondary N) is 1. The van der Waals surface area contributed by atoms with E-state index in [0.717, 1.165) is 0 Å². The van der Waals surface area contributed by atoms with Crippen LogP contribution in [-0.2, 0) is 19.7 Å². The van der Waals surface area contributed by atoms with E-state index < -0.39 is 10.0 Å². The van der Waals surface area contributed by atoms with Crippen molar-refractivity contribution in [2.45, 2.75) is 17.4 Å². The van der Waals surface area contributed by atoms with Crippen LogP contribution in [0.25, 0.3) is 10.8 Å². The first-order chi connectivity index (χ1) is 11.9. The van der Waals surface area contributed by atoms with Gasteiger partial charge >= 0.3 is 0 Å². The number of amides is 1. The number of rotatable bonds is 5. The minimum atomic E-state index is -3.75. The van der Waals surface area contributed by atoms with Crippen LogP contribution in [0.5, 0.6) is 0 Å². The third-order valence-corrected chi connectivity index (χ3v) is 6.24. The Bertz CT molecular complexity index is 900. The van der Waals surface area contributed by atoms with Crippen molar-refractivity contribution in [3.8, 4) is 0 Å². The summed E-state index contributed by atoms with van der Waals surface area (Å²) in [5.41, 5.74) is 0. The molecule has 1 fully saturated rings. The molecule has 10 heteroatoms. The first-order valence-corrected chi connectivity index (χ1v) is 9.38. The Balaban J connectivity index is 1.87. The molecule has 1 aliphatic heterocycles. The number of carbonyl (C=O) groups is 1. The molecule has 1 saturated heterocycles. The number of hydrogen-bond acceptors (Lipinski definition) is 6. The summed E-state index contributed by atoms with van der Waals surface area (Å²) in [4.78, 5) is 19.9. The molecule has 0 unspecified atom stereocenters. The summed E-state index contributed by atoms with van der Waals surface area (Å²) < 4.78 is 27.4. The predicted molar refractivity (Wildman–Crippen MR) is 92.2 cm³/mol. The number of fused-ring (bicyclic) bond motifs is 1. The Labute approximate surface area is 149 Å². The van der Waals surface area contributed by atoms with Crippen LogP contribution in [0.15, 0.2) is 35.5 Å². The number of sulfonamides is 1. The zero-order valence-corrected chi connectivity index (χ0v) is 14.8. The maximum absolute atomic E-state index is 13.0. The molecule has 1 amide bonds. The van der Waals surface area contributed by atoms with Crippen LogP contribution in [0.1, 0.15) is 6.42 Å². The topological polar surface area (TPSA) is 115 Å². The number of pyridine rings is 1. The molecule has 0 aliphatic carbocycles. The Kier molecular flexibility index (Phi) is 5.21. The van der Waals surface area contributed by atoms with Gasteiger partial charge in [-0.15, -0.1) is 0 Å². The summed E-state index contributed by atoms with van der Waals surface area (Å²) in [6, 6.07) is 4.65. The molecule has 3 rings (SSSR count). The third-order valence-electron chi connectivity index (χ3n) is 4.05. The van der Waals surface area contributed by atoms with Crippen LogP contribution in [0.4, 0.5) is 0 Å². The first kappa shape index (κ1) is 18.0. The van der Waals surface area contributed by atoms with Gasteiger partial charge in [-0.3, -0.25) is 14.6 Å². The fourth-order valence-corrected chi connectivity index (χ4v) is 4.98. The number of benzene rings is 1. The molecule has 1 atom stereocenters. The SMILES string of the molecule is NOCC(=O)N[C@@H]1CCN(S(=O)(=O)c2cccc3cncc(Cl)c23)C1. The average molecular weight is 385 g/mol. The van der Waals surface area contributed by atoms with E-state index in [-0.39, 0.29) is 35.0 Å². The third kappa shape index (κ3) is 3.60. The van der Waals surface area contributed by atoms with Gasteiger partial charge in [0.2, 0.25) is 15.9 Å². The van der Waals surface area contributed by atoms with Gasteiger partial charge < -0.3 is 5.32 Å². The molecule has 2 heterocycles. The molecular weight excluding hydrogens is 368 g/mol. The Hall–Kier alpha value is -1.78. The minimum Gasteiger partial charge on any atom is -0.350 e. The summed E-state index contributed by atoms with van der Waals surface area (Å²) in [7, 11) is -3.75. The van der Waals surface area contributed by atoms with Gasteiger partial charge in [-0.05, 0) is 12.5 Å². The summed E-state index contributed by atoms with van der Waals surface area (Å²) in [5.74, 6) is 4.48. The fourth-order valence-electron chi connectivity index (χ4n) is 2.92. The molecule has 1 aromatic heterocycles. The van der Waals surface area contributed by atoms with Gasteiger partial charge in [-0.1, -0.05) is 23.7 Å². The van der Waals surface area contributed by atoms with Crippen LogP contribution in [0.3, 0.4) is 0 Å².